The van der Waals surface area contributed by atoms with E-state index in [0.717, 1.165) is 16.9 Å². The Kier molecular flexibility index (Phi) is 8.40. The van der Waals surface area contributed by atoms with Crippen LogP contribution in [0, 0.1) is 18.7 Å². The highest BCUT2D eigenvalue weighted by molar-refractivity contribution is 5.99. The highest BCUT2D eigenvalue weighted by Gasteiger charge is 2.23. The number of rotatable bonds is 10. The van der Waals surface area contributed by atoms with Crippen LogP contribution in [0.4, 0.5) is 10.2 Å². The van der Waals surface area contributed by atoms with Crippen LogP contribution < -0.4 is 10.5 Å². The number of nitrogens with two attached hydrogens (primary N) is 1. The summed E-state index contributed by atoms with van der Waals surface area (Å²) in [5.74, 6) is 0.432. The molecule has 0 radical (unpaired) electrons. The van der Waals surface area contributed by atoms with Gasteiger partial charge in [0.2, 0.25) is 0 Å². The number of aromatic nitrogens is 4. The number of allylic oxidation sites excluding steroid dienone is 1. The number of aryl methyl sites for hydroxylation is 1. The van der Waals surface area contributed by atoms with Crippen LogP contribution >= 0.6 is 0 Å². The van der Waals surface area contributed by atoms with Crippen molar-refractivity contribution >= 4 is 22.6 Å². The van der Waals surface area contributed by atoms with Gasteiger partial charge in [0.15, 0.2) is 11.4 Å². The summed E-state index contributed by atoms with van der Waals surface area (Å²) in [6, 6.07) is 10.7. The van der Waals surface area contributed by atoms with Crippen molar-refractivity contribution < 1.29 is 13.9 Å². The molecule has 4 aromatic rings. The van der Waals surface area contributed by atoms with Gasteiger partial charge in [-0.05, 0) is 74.3 Å². The standard InChI is InChI=1S/C30H35FN6O2/c1-18-9-10-21(15-26(18)39-6)28-27-29(32)33-17-34-30(27)37(35-28)22-11-12-25(31)24(16-22)20(3)19(2)14-23(38)8-7-13-36(4)5/h7-12,15-17,19-20H,13-14H2,1-6H3,(H2,32,33,34). The zero-order chi connectivity index (χ0) is 28.3. The predicted octanol–water partition coefficient (Wildman–Crippen LogP) is 5.34. The smallest absolute Gasteiger partial charge is 0.169 e. The second-order valence-corrected chi connectivity index (χ2v) is 10.2. The molecule has 0 spiro atoms. The van der Waals surface area contributed by atoms with E-state index in [9.17, 15) is 4.79 Å². The van der Waals surface area contributed by atoms with Gasteiger partial charge in [0.1, 0.15) is 29.4 Å². The summed E-state index contributed by atoms with van der Waals surface area (Å²) in [7, 11) is 5.51. The summed E-state index contributed by atoms with van der Waals surface area (Å²) < 4.78 is 22.3. The van der Waals surface area contributed by atoms with Crippen LogP contribution in [0.3, 0.4) is 0 Å². The third-order valence-electron chi connectivity index (χ3n) is 7.04. The first-order valence-corrected chi connectivity index (χ1v) is 12.9. The second-order valence-electron chi connectivity index (χ2n) is 10.2. The minimum absolute atomic E-state index is 0.0242. The molecule has 0 fully saturated rings. The molecule has 39 heavy (non-hydrogen) atoms. The van der Waals surface area contributed by atoms with E-state index in [1.807, 2.05) is 64.0 Å². The lowest BCUT2D eigenvalue weighted by Crippen LogP contribution is -2.14. The average Bonchev–Trinajstić information content (AvgIpc) is 3.29. The summed E-state index contributed by atoms with van der Waals surface area (Å²) in [6.45, 7) is 6.56. The SMILES string of the molecule is COc1cc(-c2nn(-c3ccc(F)c(C(C)C(C)CC(=O)C=CCN(C)C)c3)c3ncnc(N)c23)ccc1C. The maximum atomic E-state index is 15.1. The van der Waals surface area contributed by atoms with E-state index in [1.54, 1.807) is 30.0 Å². The molecule has 2 aromatic carbocycles. The van der Waals surface area contributed by atoms with Crippen molar-refractivity contribution in [3.05, 3.63) is 71.8 Å². The first kappa shape index (κ1) is 27.9. The number of hydrogen-bond donors (Lipinski definition) is 1. The van der Waals surface area contributed by atoms with E-state index in [1.165, 1.54) is 12.4 Å². The van der Waals surface area contributed by atoms with Gasteiger partial charge in [0.25, 0.3) is 0 Å². The first-order valence-electron chi connectivity index (χ1n) is 12.9. The number of methoxy groups -OCH3 is 1. The number of hydrogen-bond acceptors (Lipinski definition) is 7. The molecule has 0 aliphatic carbocycles. The van der Waals surface area contributed by atoms with Crippen LogP contribution in [0.25, 0.3) is 28.0 Å². The number of carbonyl (C=O) groups excluding carboxylic acids is 1. The number of halogens is 1. The molecule has 0 saturated carbocycles. The maximum Gasteiger partial charge on any atom is 0.169 e. The number of likely N-dealkylation sites (N-methyl/N-ethyl adjacent to an activating group) is 1. The maximum absolute atomic E-state index is 15.1. The Morgan fingerprint density at radius 2 is 1.95 bits per heavy atom. The minimum atomic E-state index is -0.331. The van der Waals surface area contributed by atoms with Crippen molar-refractivity contribution in [2.24, 2.45) is 5.92 Å². The fourth-order valence-electron chi connectivity index (χ4n) is 4.60. The fourth-order valence-corrected chi connectivity index (χ4v) is 4.60. The van der Waals surface area contributed by atoms with Crippen molar-refractivity contribution in [1.82, 2.24) is 24.6 Å². The number of ketones is 1. The van der Waals surface area contributed by atoms with Crippen molar-refractivity contribution in [3.8, 4) is 22.7 Å². The van der Waals surface area contributed by atoms with Crippen molar-refractivity contribution in [2.75, 3.05) is 33.5 Å². The molecule has 2 unspecified atom stereocenters. The van der Waals surface area contributed by atoms with Gasteiger partial charge in [0.05, 0.1) is 18.2 Å². The number of nitrogens with zero attached hydrogens (tertiary/aromatic N) is 5. The summed E-state index contributed by atoms with van der Waals surface area (Å²) in [4.78, 5) is 23.1. The molecule has 2 N–H and O–H groups in total. The van der Waals surface area contributed by atoms with E-state index in [4.69, 9.17) is 15.6 Å². The summed E-state index contributed by atoms with van der Waals surface area (Å²) in [5, 5.41) is 5.46. The van der Waals surface area contributed by atoms with E-state index >= 15 is 4.39 Å². The number of fused-ring (bicyclic) bond motifs is 1. The molecule has 9 heteroatoms. The zero-order valence-electron chi connectivity index (χ0n) is 23.3. The van der Waals surface area contributed by atoms with Gasteiger partial charge in [-0.25, -0.2) is 19.0 Å². The monoisotopic (exact) mass is 530 g/mol. The van der Waals surface area contributed by atoms with E-state index in [-0.39, 0.29) is 23.4 Å². The Hall–Kier alpha value is -4.11. The molecule has 0 aliphatic heterocycles. The van der Waals surface area contributed by atoms with Crippen molar-refractivity contribution in [2.45, 2.75) is 33.1 Å². The molecule has 8 nitrogen and oxygen atoms in total. The molecule has 2 aromatic heterocycles. The summed E-state index contributed by atoms with van der Waals surface area (Å²) in [5.41, 5.74) is 10.3. The molecule has 204 valence electrons. The molecule has 0 aliphatic rings. The normalized spacial score (nSPS) is 13.3. The van der Waals surface area contributed by atoms with Gasteiger partial charge in [0, 0.05) is 18.5 Å². The zero-order valence-corrected chi connectivity index (χ0v) is 23.3. The minimum Gasteiger partial charge on any atom is -0.496 e. The van der Waals surface area contributed by atoms with E-state index < -0.39 is 0 Å². The molecular formula is C30H35FN6O2. The number of carbonyl (C=O) groups is 1. The largest absolute Gasteiger partial charge is 0.496 e. The number of benzene rings is 2. The van der Waals surface area contributed by atoms with Crippen LogP contribution in [0.15, 0.2) is 54.9 Å². The molecule has 0 bridgehead atoms. The second kappa shape index (κ2) is 11.7. The Balaban J connectivity index is 1.72. The van der Waals surface area contributed by atoms with E-state index in [0.29, 0.717) is 46.8 Å². The Morgan fingerprint density at radius 1 is 1.18 bits per heavy atom. The lowest BCUT2D eigenvalue weighted by Gasteiger charge is -2.20. The van der Waals surface area contributed by atoms with Gasteiger partial charge in [-0.1, -0.05) is 32.1 Å². The Bertz CT molecular complexity index is 1530. The molecule has 0 saturated heterocycles. The number of nitrogen functional groups attached to an aromatic ring is 1. The molecular weight excluding hydrogens is 495 g/mol. The lowest BCUT2D eigenvalue weighted by atomic mass is 9.85. The number of ether oxygens (including phenoxy) is 1. The topological polar surface area (TPSA) is 99.2 Å². The molecule has 2 atom stereocenters. The quantitative estimate of drug-likeness (QED) is 0.276. The molecule has 4 rings (SSSR count). The predicted molar refractivity (Wildman–Crippen MR) is 153 cm³/mol. The van der Waals surface area contributed by atoms with Crippen LogP contribution in [0.1, 0.15) is 37.3 Å². The average molecular weight is 531 g/mol. The third-order valence-corrected chi connectivity index (χ3v) is 7.04. The van der Waals surface area contributed by atoms with Crippen LogP contribution in [-0.2, 0) is 4.79 Å². The highest BCUT2D eigenvalue weighted by Crippen LogP contribution is 2.35. The number of anilines is 1. The van der Waals surface area contributed by atoms with Crippen LogP contribution in [-0.4, -0.2) is 58.2 Å². The first-order chi connectivity index (χ1) is 18.6. The van der Waals surface area contributed by atoms with Crippen molar-refractivity contribution in [1.29, 1.82) is 0 Å². The molecule has 2 heterocycles. The summed E-state index contributed by atoms with van der Waals surface area (Å²) >= 11 is 0. The van der Waals surface area contributed by atoms with Gasteiger partial charge in [-0.15, -0.1) is 0 Å². The third kappa shape index (κ3) is 5.98. The van der Waals surface area contributed by atoms with Gasteiger partial charge >= 0.3 is 0 Å². The van der Waals surface area contributed by atoms with Gasteiger partial charge < -0.3 is 15.4 Å². The lowest BCUT2D eigenvalue weighted by molar-refractivity contribution is -0.115. The Morgan fingerprint density at radius 3 is 2.67 bits per heavy atom. The van der Waals surface area contributed by atoms with Crippen LogP contribution in [0.5, 0.6) is 5.75 Å². The Labute approximate surface area is 228 Å². The summed E-state index contributed by atoms with van der Waals surface area (Å²) in [6.07, 6.45) is 5.17. The van der Waals surface area contributed by atoms with Gasteiger partial charge in [-0.3, -0.25) is 4.79 Å². The van der Waals surface area contributed by atoms with Gasteiger partial charge in [-0.2, -0.15) is 5.10 Å². The van der Waals surface area contributed by atoms with Crippen LogP contribution in [0.2, 0.25) is 0 Å². The molecule has 0 amide bonds. The van der Waals surface area contributed by atoms with Crippen molar-refractivity contribution in [3.63, 3.8) is 0 Å². The van der Waals surface area contributed by atoms with E-state index in [2.05, 4.69) is 9.97 Å². The highest BCUT2D eigenvalue weighted by atomic mass is 19.1. The fraction of sp³-hybridized carbons (Fsp3) is 0.333.